The Labute approximate surface area is 346 Å². The van der Waals surface area contributed by atoms with Crippen LogP contribution in [-0.2, 0) is 57.0 Å². The van der Waals surface area contributed by atoms with Crippen LogP contribution in [0.25, 0.3) is 0 Å². The van der Waals surface area contributed by atoms with Gasteiger partial charge < -0.3 is 124 Å². The van der Waals surface area contributed by atoms with E-state index in [9.17, 15) is 76.0 Å². The molecule has 0 aromatic heterocycles. The summed E-state index contributed by atoms with van der Waals surface area (Å²) in [6, 6.07) is -3.30. The first kappa shape index (κ1) is 48.5. The van der Waals surface area contributed by atoms with Gasteiger partial charge in [0.25, 0.3) is 0 Å². The second-order valence-corrected chi connectivity index (χ2v) is 15.5. The molecule has 9 aliphatic rings. The Hall–Kier alpha value is -1.98. The number of aliphatic hydroxyl groups excluding tert-OH is 13. The predicted octanol–water partition coefficient (Wildman–Crippen LogP) is -10.6. The maximum atomic E-state index is 12.6. The third-order valence-electron chi connectivity index (χ3n) is 11.4. The fraction of sp³-hybridized carbons (Fsp3) is 0.941. The Balaban J connectivity index is 1.49. The van der Waals surface area contributed by atoms with Crippen molar-refractivity contribution < 1.29 is 123 Å². The first-order chi connectivity index (χ1) is 29.0. The van der Waals surface area contributed by atoms with Crippen molar-refractivity contribution >= 4 is 11.8 Å². The molecule has 9 rings (SSSR count). The van der Waals surface area contributed by atoms with Gasteiger partial charge in [0.1, 0.15) is 122 Å². The number of hydrogen-bond donors (Lipinski definition) is 15. The van der Waals surface area contributed by atoms with E-state index in [1.165, 1.54) is 0 Å². The highest BCUT2D eigenvalue weighted by Gasteiger charge is 2.59. The van der Waals surface area contributed by atoms with E-state index in [4.69, 9.17) is 47.4 Å². The van der Waals surface area contributed by atoms with Gasteiger partial charge in [0, 0.05) is 13.8 Å². The highest BCUT2D eigenvalue weighted by molar-refractivity contribution is 5.73. The van der Waals surface area contributed by atoms with Crippen molar-refractivity contribution in [2.45, 2.75) is 167 Å². The number of rotatable bonds is 9. The van der Waals surface area contributed by atoms with Gasteiger partial charge in [0.15, 0.2) is 31.5 Å². The molecule has 61 heavy (non-hydrogen) atoms. The minimum atomic E-state index is -2.13. The fourth-order valence-corrected chi connectivity index (χ4v) is 8.21. The zero-order chi connectivity index (χ0) is 44.6. The molecule has 9 fully saturated rings. The van der Waals surface area contributed by atoms with Crippen LogP contribution < -0.4 is 10.6 Å². The quantitative estimate of drug-likeness (QED) is 0.102. The summed E-state index contributed by atoms with van der Waals surface area (Å²) >= 11 is 0. The number of nitrogens with one attached hydrogen (secondary N) is 2. The van der Waals surface area contributed by atoms with Crippen molar-refractivity contribution in [3.63, 3.8) is 0 Å². The van der Waals surface area contributed by atoms with E-state index >= 15 is 0 Å². The number of carbonyl (C=O) groups excluding carboxylic acids is 2. The molecule has 0 spiro atoms. The van der Waals surface area contributed by atoms with Crippen LogP contribution in [-0.4, -0.2) is 265 Å². The Morgan fingerprint density at radius 2 is 0.836 bits per heavy atom. The number of amides is 2. The fourth-order valence-electron chi connectivity index (χ4n) is 8.21. The van der Waals surface area contributed by atoms with Gasteiger partial charge in [-0.3, -0.25) is 9.59 Å². The summed E-state index contributed by atoms with van der Waals surface area (Å²) in [5.74, 6) is -1.55. The highest BCUT2D eigenvalue weighted by Crippen LogP contribution is 2.38. The van der Waals surface area contributed by atoms with Crippen molar-refractivity contribution in [1.29, 1.82) is 0 Å². The third-order valence-corrected chi connectivity index (χ3v) is 11.4. The topological polar surface area (TPSA) is 413 Å². The highest BCUT2D eigenvalue weighted by atomic mass is 16.8. The van der Waals surface area contributed by atoms with Crippen molar-refractivity contribution in [3.8, 4) is 0 Å². The van der Waals surface area contributed by atoms with Gasteiger partial charge in [0.05, 0.1) is 33.0 Å². The zero-order valence-electron chi connectivity index (χ0n) is 32.7. The monoisotopic (exact) mass is 892 g/mol. The van der Waals surface area contributed by atoms with E-state index < -0.39 is 198 Å². The summed E-state index contributed by atoms with van der Waals surface area (Å²) < 4.78 is 59.4. The molecule has 27 heteroatoms. The first-order valence-corrected chi connectivity index (χ1v) is 19.6. The maximum absolute atomic E-state index is 12.6. The second-order valence-electron chi connectivity index (χ2n) is 15.5. The Morgan fingerprint density at radius 3 is 1.41 bits per heavy atom. The van der Waals surface area contributed by atoms with Crippen LogP contribution in [0.4, 0.5) is 0 Å². The molecule has 15 N–H and O–H groups in total. The molecule has 27 nitrogen and oxygen atoms in total. The van der Waals surface area contributed by atoms with Gasteiger partial charge >= 0.3 is 0 Å². The zero-order valence-corrected chi connectivity index (χ0v) is 32.7. The minimum Gasteiger partial charge on any atom is -0.394 e. The van der Waals surface area contributed by atoms with Crippen LogP contribution in [0.15, 0.2) is 0 Å². The van der Waals surface area contributed by atoms with Crippen LogP contribution in [0, 0.1) is 0 Å². The first-order valence-electron chi connectivity index (χ1n) is 19.6. The van der Waals surface area contributed by atoms with E-state index in [2.05, 4.69) is 10.6 Å². The van der Waals surface area contributed by atoms with Gasteiger partial charge in [-0.25, -0.2) is 0 Å². The molecule has 25 atom stereocenters. The molecule has 0 radical (unpaired) electrons. The van der Waals surface area contributed by atoms with Crippen LogP contribution >= 0.6 is 0 Å². The van der Waals surface area contributed by atoms with Gasteiger partial charge in [-0.1, -0.05) is 0 Å². The smallest absolute Gasteiger partial charge is 0.217 e. The maximum Gasteiger partial charge on any atom is 0.217 e. The average molecular weight is 893 g/mol. The summed E-state index contributed by atoms with van der Waals surface area (Å²) in [7, 11) is 0. The van der Waals surface area contributed by atoms with Crippen LogP contribution in [0.3, 0.4) is 0 Å². The lowest BCUT2D eigenvalue weighted by molar-refractivity contribution is -0.410. The molecule has 8 bridgehead atoms. The van der Waals surface area contributed by atoms with Gasteiger partial charge in [-0.15, -0.1) is 0 Å². The normalized spacial score (nSPS) is 50.6. The minimum absolute atomic E-state index is 0.755. The lowest BCUT2D eigenvalue weighted by atomic mass is 9.93. The van der Waals surface area contributed by atoms with E-state index in [1.807, 2.05) is 0 Å². The summed E-state index contributed by atoms with van der Waals surface area (Å²) in [5, 5.41) is 146. The molecule has 9 saturated heterocycles. The van der Waals surface area contributed by atoms with E-state index in [1.54, 1.807) is 0 Å². The Kier molecular flexibility index (Phi) is 16.3. The lowest BCUT2D eigenvalue weighted by Gasteiger charge is -2.53. The van der Waals surface area contributed by atoms with Gasteiger partial charge in [-0.2, -0.15) is 0 Å². The summed E-state index contributed by atoms with van der Waals surface area (Å²) in [6.07, 6.45) is -43.1. The van der Waals surface area contributed by atoms with Crippen molar-refractivity contribution in [2.75, 3.05) is 33.0 Å². The molecule has 0 aliphatic carbocycles. The summed E-state index contributed by atoms with van der Waals surface area (Å²) in [6.45, 7) is -2.61. The van der Waals surface area contributed by atoms with E-state index in [0.29, 0.717) is 0 Å². The van der Waals surface area contributed by atoms with Gasteiger partial charge in [0.2, 0.25) is 11.8 Å². The molecule has 0 unspecified atom stereocenters. The van der Waals surface area contributed by atoms with Crippen molar-refractivity contribution in [3.05, 3.63) is 0 Å². The lowest BCUT2D eigenvalue weighted by Crippen LogP contribution is -2.72. The molecular formula is C34H56N2O25. The van der Waals surface area contributed by atoms with Crippen LogP contribution in [0.2, 0.25) is 0 Å². The largest absolute Gasteiger partial charge is 0.394 e. The third kappa shape index (κ3) is 9.84. The predicted molar refractivity (Wildman–Crippen MR) is 186 cm³/mol. The number of ether oxygens (including phenoxy) is 10. The molecular weight excluding hydrogens is 836 g/mol. The molecule has 9 aliphatic heterocycles. The Bertz CT molecular complexity index is 1450. The van der Waals surface area contributed by atoms with Crippen LogP contribution in [0.5, 0.6) is 0 Å². The average Bonchev–Trinajstić information content (AvgIpc) is 3.22. The summed E-state index contributed by atoms with van der Waals surface area (Å²) in [5.41, 5.74) is 0. The molecule has 0 aromatic rings. The molecule has 9 heterocycles. The Morgan fingerprint density at radius 1 is 0.410 bits per heavy atom. The number of carbonyl (C=O) groups is 2. The van der Waals surface area contributed by atoms with Crippen molar-refractivity contribution in [2.24, 2.45) is 0 Å². The standard InChI is InChI=1S/C34H56N2O25/c1-8(42)35-15-20(47)25-13(6-40)55-30(15)60-28-19(46)12(5-39)54-34(29(28)61-32-23(50)21(48)17(44)10(3-37)53-32)58-26-14(7-41)56-33(24(51)22(26)49)59-27-16(36-9(2)43)31(57-25)52-11(4-38)18(27)45/h10-34,37-41,44-51H,3-7H2,1-2H3,(H,35,42)(H,36,43)/t10-,11-,12-,13-,14-,15-,16-,17-,18-,19-,20-,21+,22-,23-,24+,25+,26-,27-,28+,29+,30-,31-,32+,33+,34+/m1/s1. The number of aliphatic hydroxyl groups is 13. The van der Waals surface area contributed by atoms with E-state index in [-0.39, 0.29) is 0 Å². The summed E-state index contributed by atoms with van der Waals surface area (Å²) in [4.78, 5) is 25.2. The molecule has 0 aromatic carbocycles. The molecule has 0 saturated carbocycles. The number of hydrogen-bond acceptors (Lipinski definition) is 25. The van der Waals surface area contributed by atoms with Gasteiger partial charge in [-0.05, 0) is 0 Å². The molecule has 2 amide bonds. The van der Waals surface area contributed by atoms with Crippen LogP contribution in [0.1, 0.15) is 13.8 Å². The van der Waals surface area contributed by atoms with E-state index in [0.717, 1.165) is 13.8 Å². The second kappa shape index (κ2) is 20.5. The molecule has 352 valence electrons. The SMILES string of the molecule is CC(=O)N[C@H]1[C@H]2O[C@H]3[C@H](O)[C@@H](CO)O[C@@H](O[C@H]4[C@H](O)[C@H](O)[C@H](O[C@H]5[C@H](O)[C@@H](CO)O[C@H](O[C@H]([C@@H]1O)[C@@H](CO)O2)[C@@H]5NC(C)=O)O[C@@H]4CO)[C@H]3O[C@@H]1O[C@H](CO)[C@@H](O)[C@H](O)[C@H]1O. The van der Waals surface area contributed by atoms with Crippen molar-refractivity contribution in [1.82, 2.24) is 10.6 Å².